The summed E-state index contributed by atoms with van der Waals surface area (Å²) in [6, 6.07) is 8.21. The van der Waals surface area contributed by atoms with E-state index in [1.54, 1.807) is 0 Å². The molecule has 0 radical (unpaired) electrons. The maximum absolute atomic E-state index is 6.33. The molecule has 2 heteroatoms. The van der Waals surface area contributed by atoms with E-state index >= 15 is 0 Å². The number of benzene rings is 1. The van der Waals surface area contributed by atoms with Crippen molar-refractivity contribution in [3.8, 4) is 0 Å². The van der Waals surface area contributed by atoms with Gasteiger partial charge in [0, 0.05) is 4.47 Å². The molecule has 0 saturated heterocycles. The molecule has 0 spiro atoms. The Morgan fingerprint density at radius 1 is 1.53 bits per heavy atom. The quantitative estimate of drug-likeness (QED) is 0.508. The number of hydrogen-bond acceptors (Lipinski definition) is 0. The van der Waals surface area contributed by atoms with E-state index in [0.29, 0.717) is 0 Å². The second-order valence-corrected chi connectivity index (χ2v) is 5.14. The molecule has 15 heavy (non-hydrogen) atoms. The molecule has 1 atom stereocenters. The van der Waals surface area contributed by atoms with Gasteiger partial charge in [0.05, 0.1) is 5.38 Å². The van der Waals surface area contributed by atoms with Crippen LogP contribution in [0.25, 0.3) is 0 Å². The summed E-state index contributed by atoms with van der Waals surface area (Å²) >= 11 is 9.79. The number of rotatable bonds is 4. The van der Waals surface area contributed by atoms with Crippen LogP contribution in [0.2, 0.25) is 0 Å². The summed E-state index contributed by atoms with van der Waals surface area (Å²) in [6.07, 6.45) is 4.20. The van der Waals surface area contributed by atoms with Gasteiger partial charge in [0.2, 0.25) is 0 Å². The van der Waals surface area contributed by atoms with Gasteiger partial charge in [0.25, 0.3) is 0 Å². The second-order valence-electron chi connectivity index (χ2n) is 3.70. The summed E-state index contributed by atoms with van der Waals surface area (Å²) in [5.74, 6) is 0. The molecule has 0 saturated carbocycles. The number of allylic oxidation sites excluding steroid dienone is 2. The van der Waals surface area contributed by atoms with Crippen molar-refractivity contribution in [3.05, 3.63) is 46.0 Å². The maximum atomic E-state index is 6.33. The van der Waals surface area contributed by atoms with Crippen molar-refractivity contribution in [2.45, 2.75) is 32.1 Å². The molecule has 0 heterocycles. The zero-order valence-electron chi connectivity index (χ0n) is 9.13. The molecule has 0 aliphatic rings. The third-order valence-electron chi connectivity index (χ3n) is 2.50. The Balaban J connectivity index is 2.57. The van der Waals surface area contributed by atoms with Crippen LogP contribution < -0.4 is 0 Å². The fraction of sp³-hybridized carbons (Fsp3) is 0.385. The van der Waals surface area contributed by atoms with Crippen LogP contribution in [0.15, 0.2) is 40.4 Å². The van der Waals surface area contributed by atoms with E-state index in [0.717, 1.165) is 17.3 Å². The van der Waals surface area contributed by atoms with Crippen LogP contribution in [-0.4, -0.2) is 0 Å². The summed E-state index contributed by atoms with van der Waals surface area (Å²) in [5.41, 5.74) is 2.59. The van der Waals surface area contributed by atoms with E-state index in [2.05, 4.69) is 48.0 Å². The fourth-order valence-corrected chi connectivity index (χ4v) is 2.03. The highest BCUT2D eigenvalue weighted by molar-refractivity contribution is 9.10. The van der Waals surface area contributed by atoms with Gasteiger partial charge in [-0.15, -0.1) is 11.6 Å². The highest BCUT2D eigenvalue weighted by atomic mass is 79.9. The minimum Gasteiger partial charge on any atom is -0.118 e. The molecule has 0 aliphatic heterocycles. The molecule has 0 N–H and O–H groups in total. The Morgan fingerprint density at radius 2 is 2.27 bits per heavy atom. The number of alkyl halides is 1. The van der Waals surface area contributed by atoms with E-state index in [1.165, 1.54) is 11.1 Å². The molecule has 0 fully saturated rings. The van der Waals surface area contributed by atoms with E-state index in [1.807, 2.05) is 12.1 Å². The van der Waals surface area contributed by atoms with E-state index < -0.39 is 0 Å². The van der Waals surface area contributed by atoms with Crippen molar-refractivity contribution in [2.75, 3.05) is 0 Å². The van der Waals surface area contributed by atoms with Gasteiger partial charge in [0.1, 0.15) is 0 Å². The van der Waals surface area contributed by atoms with Gasteiger partial charge in [-0.05, 0) is 44.4 Å². The predicted octanol–water partition coefficient (Wildman–Crippen LogP) is 5.48. The first-order valence-corrected chi connectivity index (χ1v) is 6.37. The van der Waals surface area contributed by atoms with Gasteiger partial charge < -0.3 is 0 Å². The van der Waals surface area contributed by atoms with Crippen molar-refractivity contribution in [1.82, 2.24) is 0 Å². The Hall–Kier alpha value is -0.270. The van der Waals surface area contributed by atoms with Crippen LogP contribution in [0.4, 0.5) is 0 Å². The zero-order valence-corrected chi connectivity index (χ0v) is 11.5. The lowest BCUT2D eigenvalue weighted by Crippen LogP contribution is -1.91. The summed E-state index contributed by atoms with van der Waals surface area (Å²) in [6.45, 7) is 4.21. The van der Waals surface area contributed by atoms with Crippen LogP contribution in [0.1, 0.15) is 37.6 Å². The van der Waals surface area contributed by atoms with Crippen LogP contribution in [0, 0.1) is 0 Å². The molecule has 82 valence electrons. The van der Waals surface area contributed by atoms with Crippen molar-refractivity contribution in [2.24, 2.45) is 0 Å². The molecule has 1 unspecified atom stereocenters. The lowest BCUT2D eigenvalue weighted by atomic mass is 10.0. The Morgan fingerprint density at radius 3 is 2.87 bits per heavy atom. The van der Waals surface area contributed by atoms with Crippen molar-refractivity contribution in [1.29, 1.82) is 0 Å². The molecule has 1 aromatic rings. The number of halogens is 2. The van der Waals surface area contributed by atoms with Gasteiger partial charge in [-0.2, -0.15) is 0 Å². The molecule has 0 nitrogen and oxygen atoms in total. The first-order valence-electron chi connectivity index (χ1n) is 5.15. The highest BCUT2D eigenvalue weighted by Crippen LogP contribution is 2.28. The summed E-state index contributed by atoms with van der Waals surface area (Å²) in [4.78, 5) is 0. The third kappa shape index (κ3) is 4.40. The van der Waals surface area contributed by atoms with Crippen LogP contribution in [-0.2, 0) is 0 Å². The molecular formula is C13H16BrCl. The van der Waals surface area contributed by atoms with Crippen molar-refractivity contribution in [3.63, 3.8) is 0 Å². The monoisotopic (exact) mass is 286 g/mol. The molecule has 1 rings (SSSR count). The van der Waals surface area contributed by atoms with Crippen molar-refractivity contribution >= 4 is 27.5 Å². The van der Waals surface area contributed by atoms with Crippen LogP contribution in [0.5, 0.6) is 0 Å². The average Bonchev–Trinajstić information content (AvgIpc) is 2.25. The van der Waals surface area contributed by atoms with Gasteiger partial charge >= 0.3 is 0 Å². The van der Waals surface area contributed by atoms with Crippen LogP contribution in [0.3, 0.4) is 0 Å². The normalized spacial score (nSPS) is 14.0. The predicted molar refractivity (Wildman–Crippen MR) is 71.4 cm³/mol. The minimum absolute atomic E-state index is 0.109. The fourth-order valence-electron chi connectivity index (χ4n) is 1.37. The topological polar surface area (TPSA) is 0 Å². The SMILES string of the molecule is CC=C(C)CCC(Cl)c1cccc(Br)c1. The smallest absolute Gasteiger partial charge is 0.0588 e. The Kier molecular flexibility index (Phi) is 5.41. The summed E-state index contributed by atoms with van der Waals surface area (Å²) < 4.78 is 1.09. The second kappa shape index (κ2) is 6.34. The highest BCUT2D eigenvalue weighted by Gasteiger charge is 2.07. The van der Waals surface area contributed by atoms with Gasteiger partial charge in [-0.3, -0.25) is 0 Å². The van der Waals surface area contributed by atoms with E-state index in [-0.39, 0.29) is 5.38 Å². The van der Waals surface area contributed by atoms with Crippen LogP contribution >= 0.6 is 27.5 Å². The average molecular weight is 288 g/mol. The number of hydrogen-bond donors (Lipinski definition) is 0. The standard InChI is InChI=1S/C13H16BrCl/c1-3-10(2)7-8-13(15)11-5-4-6-12(14)9-11/h3-6,9,13H,7-8H2,1-2H3. The van der Waals surface area contributed by atoms with Crippen molar-refractivity contribution < 1.29 is 0 Å². The summed E-state index contributed by atoms with van der Waals surface area (Å²) in [7, 11) is 0. The van der Waals surface area contributed by atoms with E-state index in [9.17, 15) is 0 Å². The van der Waals surface area contributed by atoms with E-state index in [4.69, 9.17) is 11.6 Å². The third-order valence-corrected chi connectivity index (χ3v) is 3.46. The zero-order chi connectivity index (χ0) is 11.3. The Bertz CT molecular complexity index is 344. The molecule has 0 aliphatic carbocycles. The molecular weight excluding hydrogens is 272 g/mol. The Labute approximate surface area is 105 Å². The molecule has 0 bridgehead atoms. The molecule has 0 amide bonds. The largest absolute Gasteiger partial charge is 0.118 e. The first kappa shape index (κ1) is 12.8. The molecule has 0 aromatic heterocycles. The van der Waals surface area contributed by atoms with Gasteiger partial charge in [-0.1, -0.05) is 39.7 Å². The summed E-state index contributed by atoms with van der Waals surface area (Å²) in [5, 5.41) is 0.109. The molecule has 1 aromatic carbocycles. The van der Waals surface area contributed by atoms with Gasteiger partial charge in [0.15, 0.2) is 0 Å². The lowest BCUT2D eigenvalue weighted by Gasteiger charge is -2.10. The lowest BCUT2D eigenvalue weighted by molar-refractivity contribution is 0.784. The maximum Gasteiger partial charge on any atom is 0.0588 e. The first-order chi connectivity index (χ1) is 7.13. The minimum atomic E-state index is 0.109. The van der Waals surface area contributed by atoms with Gasteiger partial charge in [-0.25, -0.2) is 0 Å².